The van der Waals surface area contributed by atoms with Crippen LogP contribution in [0.5, 0.6) is 11.5 Å². The summed E-state index contributed by atoms with van der Waals surface area (Å²) in [5.41, 5.74) is 3.34. The van der Waals surface area contributed by atoms with Crippen molar-refractivity contribution in [3.63, 3.8) is 0 Å². The number of esters is 1. The van der Waals surface area contributed by atoms with Crippen molar-refractivity contribution in [1.29, 1.82) is 0 Å². The second-order valence-corrected chi connectivity index (χ2v) is 9.84. The Morgan fingerprint density at radius 3 is 2.38 bits per heavy atom. The number of amides is 1. The molecule has 8 nitrogen and oxygen atoms in total. The Labute approximate surface area is 221 Å². The predicted molar refractivity (Wildman–Crippen MR) is 144 cm³/mol. The molecule has 0 radical (unpaired) electrons. The average Bonchev–Trinajstić information content (AvgIpc) is 3.27. The number of ether oxygens (including phenoxy) is 3. The first-order valence-electron chi connectivity index (χ1n) is 12.0. The van der Waals surface area contributed by atoms with E-state index in [1.807, 2.05) is 66.6 Å². The van der Waals surface area contributed by atoms with Gasteiger partial charge in [0.25, 0.3) is 0 Å². The molecule has 1 atom stereocenters. The van der Waals surface area contributed by atoms with E-state index < -0.39 is 12.0 Å². The number of hydrogen-bond donors (Lipinski definition) is 1. The third-order valence-corrected chi connectivity index (χ3v) is 6.80. The smallest absolute Gasteiger partial charge is 0.338 e. The monoisotopic (exact) mass is 521 g/mol. The lowest BCUT2D eigenvalue weighted by Crippen LogP contribution is -2.38. The normalized spacial score (nSPS) is 16.7. The Hall–Kier alpha value is -3.72. The molecule has 0 bridgehead atoms. The molecule has 194 valence electrons. The van der Waals surface area contributed by atoms with E-state index in [0.717, 1.165) is 16.8 Å². The van der Waals surface area contributed by atoms with E-state index in [1.54, 1.807) is 27.2 Å². The van der Waals surface area contributed by atoms with E-state index in [0.29, 0.717) is 27.9 Å². The third-order valence-electron chi connectivity index (χ3n) is 5.91. The summed E-state index contributed by atoms with van der Waals surface area (Å²) in [7, 11) is 3.16. The maximum atomic E-state index is 13.6. The van der Waals surface area contributed by atoms with Crippen molar-refractivity contribution < 1.29 is 23.8 Å². The summed E-state index contributed by atoms with van der Waals surface area (Å²) in [6.45, 7) is 5.77. The zero-order valence-corrected chi connectivity index (χ0v) is 22.4. The minimum absolute atomic E-state index is 0.0146. The molecule has 2 aromatic rings. The van der Waals surface area contributed by atoms with Crippen LogP contribution in [-0.2, 0) is 20.9 Å². The molecular weight excluding hydrogens is 490 g/mol. The molecule has 0 fully saturated rings. The van der Waals surface area contributed by atoms with Crippen LogP contribution in [0, 0.1) is 0 Å². The summed E-state index contributed by atoms with van der Waals surface area (Å²) < 4.78 is 16.8. The van der Waals surface area contributed by atoms with Crippen LogP contribution in [0.2, 0.25) is 0 Å². The Kier molecular flexibility index (Phi) is 8.23. The predicted octanol–water partition coefficient (Wildman–Crippen LogP) is 4.94. The summed E-state index contributed by atoms with van der Waals surface area (Å²) in [6.07, 6.45) is 0.146. The van der Waals surface area contributed by atoms with Gasteiger partial charge in [0.1, 0.15) is 18.1 Å². The summed E-state index contributed by atoms with van der Waals surface area (Å²) in [5, 5.41) is 5.54. The van der Waals surface area contributed by atoms with E-state index >= 15 is 0 Å². The molecular formula is C28H31N3O5S. The van der Waals surface area contributed by atoms with Gasteiger partial charge in [-0.1, -0.05) is 42.1 Å². The molecule has 37 heavy (non-hydrogen) atoms. The maximum absolute atomic E-state index is 13.6. The summed E-state index contributed by atoms with van der Waals surface area (Å²) >= 11 is 1.43. The van der Waals surface area contributed by atoms with Crippen LogP contribution >= 0.6 is 11.8 Å². The SMILES string of the molecule is COc1cc(OC)cc(C2C(C(=O)OCc3ccccc3)=C(C)N=C3SC=C(CC(=O)NC(C)C)N32)c1. The second-order valence-electron chi connectivity index (χ2n) is 9.00. The van der Waals surface area contributed by atoms with Gasteiger partial charge in [0.05, 0.1) is 38.0 Å². The topological polar surface area (TPSA) is 89.5 Å². The number of nitrogens with one attached hydrogen (secondary N) is 1. The zero-order valence-electron chi connectivity index (χ0n) is 21.6. The molecule has 2 aliphatic rings. The van der Waals surface area contributed by atoms with E-state index in [-0.39, 0.29) is 25.0 Å². The number of carbonyl (C=O) groups is 2. The lowest BCUT2D eigenvalue weighted by atomic mass is 9.93. The van der Waals surface area contributed by atoms with E-state index in [4.69, 9.17) is 19.2 Å². The van der Waals surface area contributed by atoms with Gasteiger partial charge < -0.3 is 24.4 Å². The van der Waals surface area contributed by atoms with Crippen LogP contribution < -0.4 is 14.8 Å². The van der Waals surface area contributed by atoms with Gasteiger partial charge >= 0.3 is 5.97 Å². The Morgan fingerprint density at radius 2 is 1.76 bits per heavy atom. The van der Waals surface area contributed by atoms with Crippen LogP contribution in [0.25, 0.3) is 0 Å². The van der Waals surface area contributed by atoms with Gasteiger partial charge in [0.2, 0.25) is 5.91 Å². The maximum Gasteiger partial charge on any atom is 0.338 e. The molecule has 0 aromatic heterocycles. The molecule has 4 rings (SSSR count). The fraction of sp³-hybridized carbons (Fsp3) is 0.321. The molecule has 0 spiro atoms. The number of methoxy groups -OCH3 is 2. The lowest BCUT2D eigenvalue weighted by molar-refractivity contribution is -0.141. The molecule has 0 saturated heterocycles. The van der Waals surface area contributed by atoms with Crippen LogP contribution in [-0.4, -0.2) is 42.2 Å². The van der Waals surface area contributed by atoms with Crippen molar-refractivity contribution in [2.24, 2.45) is 4.99 Å². The molecule has 2 heterocycles. The first-order chi connectivity index (χ1) is 17.8. The van der Waals surface area contributed by atoms with Gasteiger partial charge in [0, 0.05) is 17.8 Å². The van der Waals surface area contributed by atoms with Gasteiger partial charge in [0.15, 0.2) is 5.17 Å². The van der Waals surface area contributed by atoms with Crippen molar-refractivity contribution in [3.05, 3.63) is 82.0 Å². The number of thioether (sulfide) groups is 1. The zero-order chi connectivity index (χ0) is 26.5. The fourth-order valence-corrected chi connectivity index (χ4v) is 5.24. The molecule has 1 N–H and O–H groups in total. The minimum atomic E-state index is -0.590. The fourth-order valence-electron chi connectivity index (χ4n) is 4.27. The first kappa shape index (κ1) is 26.3. The number of amidine groups is 1. The molecule has 2 aromatic carbocycles. The number of aliphatic imine (C=N–C) groups is 1. The van der Waals surface area contributed by atoms with Gasteiger partial charge in [-0.05, 0) is 49.4 Å². The van der Waals surface area contributed by atoms with Gasteiger partial charge in [-0.3, -0.25) is 4.79 Å². The van der Waals surface area contributed by atoms with Crippen molar-refractivity contribution in [3.8, 4) is 11.5 Å². The highest BCUT2D eigenvalue weighted by molar-refractivity contribution is 8.16. The van der Waals surface area contributed by atoms with E-state index in [1.165, 1.54) is 11.8 Å². The minimum Gasteiger partial charge on any atom is -0.497 e. The largest absolute Gasteiger partial charge is 0.497 e. The number of fused-ring (bicyclic) bond motifs is 1. The highest BCUT2D eigenvalue weighted by atomic mass is 32.2. The number of allylic oxidation sites excluding steroid dienone is 1. The van der Waals surface area contributed by atoms with Crippen molar-refractivity contribution >= 4 is 28.8 Å². The number of benzene rings is 2. The van der Waals surface area contributed by atoms with E-state index in [9.17, 15) is 9.59 Å². The average molecular weight is 522 g/mol. The number of nitrogens with zero attached hydrogens (tertiary/aromatic N) is 2. The molecule has 1 amide bonds. The molecule has 0 aliphatic carbocycles. The Bertz CT molecular complexity index is 1250. The Balaban J connectivity index is 1.74. The van der Waals surface area contributed by atoms with Crippen LogP contribution in [0.15, 0.2) is 75.9 Å². The lowest BCUT2D eigenvalue weighted by Gasteiger charge is -2.36. The Morgan fingerprint density at radius 1 is 1.08 bits per heavy atom. The third kappa shape index (κ3) is 5.99. The van der Waals surface area contributed by atoms with Crippen LogP contribution in [0.4, 0.5) is 0 Å². The number of hydrogen-bond acceptors (Lipinski definition) is 8. The highest BCUT2D eigenvalue weighted by Crippen LogP contribution is 2.46. The summed E-state index contributed by atoms with van der Waals surface area (Å²) in [5.74, 6) is 0.592. The number of carbonyl (C=O) groups excluding carboxylic acids is 2. The standard InChI is InChI=1S/C28H31N3O5S/c1-17(2)29-24(32)13-21-16-37-28-30-18(3)25(27(33)36-15-19-9-7-6-8-10-19)26(31(21)28)20-11-22(34-4)14-23(12-20)35-5/h6-12,14,16-17,26H,13,15H2,1-5H3,(H,29,32). The highest BCUT2D eigenvalue weighted by Gasteiger charge is 2.41. The quantitative estimate of drug-likeness (QED) is 0.468. The van der Waals surface area contributed by atoms with E-state index in [2.05, 4.69) is 5.32 Å². The number of rotatable bonds is 9. The summed E-state index contributed by atoms with van der Waals surface area (Å²) in [4.78, 5) is 32.9. The van der Waals surface area contributed by atoms with Crippen LogP contribution in [0.3, 0.4) is 0 Å². The van der Waals surface area contributed by atoms with Gasteiger partial charge in [-0.25, -0.2) is 9.79 Å². The van der Waals surface area contributed by atoms with Gasteiger partial charge in [-0.15, -0.1) is 0 Å². The molecule has 9 heteroatoms. The van der Waals surface area contributed by atoms with Crippen LogP contribution in [0.1, 0.15) is 44.4 Å². The second kappa shape index (κ2) is 11.6. The molecule has 1 unspecified atom stereocenters. The first-order valence-corrected chi connectivity index (χ1v) is 12.9. The van der Waals surface area contributed by atoms with Crippen molar-refractivity contribution in [2.75, 3.05) is 14.2 Å². The molecule has 0 saturated carbocycles. The van der Waals surface area contributed by atoms with Gasteiger partial charge in [-0.2, -0.15) is 0 Å². The summed E-state index contributed by atoms with van der Waals surface area (Å²) in [6, 6.07) is 14.4. The van der Waals surface area contributed by atoms with Crippen molar-refractivity contribution in [1.82, 2.24) is 10.2 Å². The van der Waals surface area contributed by atoms with Crippen molar-refractivity contribution in [2.45, 2.75) is 45.9 Å². The molecule has 2 aliphatic heterocycles.